The molecule has 0 aliphatic rings. The number of hydrogen-bond donors (Lipinski definition) is 0. The molecule has 0 N–H and O–H groups in total. The molecule has 298 valence electrons. The third-order valence-electron chi connectivity index (χ3n) is 13.5. The van der Waals surface area contributed by atoms with E-state index in [1.807, 2.05) is 0 Å². The molecule has 0 radical (unpaired) electrons. The highest BCUT2D eigenvalue weighted by atomic mass is 15.0. The lowest BCUT2D eigenvalue weighted by Gasteiger charge is -2.18. The lowest BCUT2D eigenvalue weighted by Crippen LogP contribution is -2.01. The molecule has 0 spiro atoms. The van der Waals surface area contributed by atoms with E-state index >= 15 is 0 Å². The number of rotatable bonds is 5. The first-order valence-electron chi connectivity index (χ1n) is 22.0. The SMILES string of the molecule is c1ccc(-n2c3ccccc3c3cc4c(cc32)c2ccccc2n4-c2ccccc2-c2ccccc2-n2c3ccccc3c3cc4c(cc32)c2ccccc2n4-c2ccccc2)cc1. The first kappa shape index (κ1) is 35.0. The second-order valence-electron chi connectivity index (χ2n) is 16.9. The highest BCUT2D eigenvalue weighted by molar-refractivity contribution is 6.21. The van der Waals surface area contributed by atoms with Crippen LogP contribution in [0, 0.1) is 0 Å². The molecule has 4 nitrogen and oxygen atoms in total. The van der Waals surface area contributed by atoms with Gasteiger partial charge in [-0.1, -0.05) is 146 Å². The van der Waals surface area contributed by atoms with Crippen LogP contribution in [0.15, 0.2) is 231 Å². The molecule has 64 heavy (non-hydrogen) atoms. The second-order valence-corrected chi connectivity index (χ2v) is 16.9. The first-order chi connectivity index (χ1) is 31.8. The van der Waals surface area contributed by atoms with Crippen molar-refractivity contribution in [1.82, 2.24) is 18.3 Å². The summed E-state index contributed by atoms with van der Waals surface area (Å²) in [6, 6.07) is 84.5. The lowest BCUT2D eigenvalue weighted by atomic mass is 10.0. The first-order valence-corrected chi connectivity index (χ1v) is 22.0. The predicted octanol–water partition coefficient (Wildman–Crippen LogP) is 15.7. The molecular formula is C60H38N4. The Labute approximate surface area is 368 Å². The summed E-state index contributed by atoms with van der Waals surface area (Å²) >= 11 is 0. The third-order valence-corrected chi connectivity index (χ3v) is 13.5. The van der Waals surface area contributed by atoms with E-state index in [4.69, 9.17) is 0 Å². The lowest BCUT2D eigenvalue weighted by molar-refractivity contribution is 1.16. The van der Waals surface area contributed by atoms with E-state index in [-0.39, 0.29) is 0 Å². The van der Waals surface area contributed by atoms with Crippen LogP contribution in [0.1, 0.15) is 0 Å². The number of hydrogen-bond acceptors (Lipinski definition) is 0. The molecule has 4 aromatic heterocycles. The average Bonchev–Trinajstić information content (AvgIpc) is 4.07. The summed E-state index contributed by atoms with van der Waals surface area (Å²) in [4.78, 5) is 0. The van der Waals surface area contributed by atoms with Gasteiger partial charge in [-0.05, 0) is 84.9 Å². The highest BCUT2D eigenvalue weighted by Gasteiger charge is 2.23. The number of nitrogens with zero attached hydrogens (tertiary/aromatic N) is 4. The zero-order valence-electron chi connectivity index (χ0n) is 34.7. The molecule has 4 heteroatoms. The van der Waals surface area contributed by atoms with Crippen molar-refractivity contribution in [3.05, 3.63) is 231 Å². The Balaban J connectivity index is 1.04. The topological polar surface area (TPSA) is 19.7 Å². The normalized spacial score (nSPS) is 12.1. The van der Waals surface area contributed by atoms with Gasteiger partial charge in [-0.25, -0.2) is 0 Å². The predicted molar refractivity (Wildman–Crippen MR) is 269 cm³/mol. The zero-order chi connectivity index (χ0) is 41.9. The molecule has 14 rings (SSSR count). The molecule has 10 aromatic carbocycles. The summed E-state index contributed by atoms with van der Waals surface area (Å²) in [7, 11) is 0. The molecule has 0 aliphatic carbocycles. The molecule has 0 aliphatic heterocycles. The Morgan fingerprint density at radius 2 is 0.453 bits per heavy atom. The summed E-state index contributed by atoms with van der Waals surface area (Å²) in [5.74, 6) is 0. The summed E-state index contributed by atoms with van der Waals surface area (Å²) in [6.45, 7) is 0. The van der Waals surface area contributed by atoms with Gasteiger partial charge >= 0.3 is 0 Å². The van der Waals surface area contributed by atoms with Gasteiger partial charge in [0.1, 0.15) is 0 Å². The van der Waals surface area contributed by atoms with Gasteiger partial charge in [-0.15, -0.1) is 0 Å². The van der Waals surface area contributed by atoms with Crippen LogP contribution < -0.4 is 0 Å². The Bertz CT molecular complexity index is 3910. The van der Waals surface area contributed by atoms with Crippen molar-refractivity contribution in [3.8, 4) is 33.9 Å². The van der Waals surface area contributed by atoms with E-state index in [9.17, 15) is 0 Å². The van der Waals surface area contributed by atoms with Gasteiger partial charge in [0, 0.05) is 65.6 Å². The molecule has 0 fully saturated rings. The van der Waals surface area contributed by atoms with Crippen molar-refractivity contribution in [2.45, 2.75) is 0 Å². The largest absolute Gasteiger partial charge is 0.309 e. The quantitative estimate of drug-likeness (QED) is 0.165. The Morgan fingerprint density at radius 1 is 0.188 bits per heavy atom. The van der Waals surface area contributed by atoms with Crippen molar-refractivity contribution in [2.24, 2.45) is 0 Å². The van der Waals surface area contributed by atoms with Crippen molar-refractivity contribution in [2.75, 3.05) is 0 Å². The summed E-state index contributed by atoms with van der Waals surface area (Å²) < 4.78 is 9.83. The van der Waals surface area contributed by atoms with E-state index < -0.39 is 0 Å². The molecule has 0 atom stereocenters. The minimum absolute atomic E-state index is 1.14. The van der Waals surface area contributed by atoms with Crippen LogP contribution in [-0.2, 0) is 0 Å². The number of benzene rings is 10. The van der Waals surface area contributed by atoms with Crippen LogP contribution >= 0.6 is 0 Å². The van der Waals surface area contributed by atoms with Crippen LogP contribution in [0.5, 0.6) is 0 Å². The second kappa shape index (κ2) is 13.4. The maximum atomic E-state index is 2.50. The van der Waals surface area contributed by atoms with E-state index in [0.717, 1.165) is 22.7 Å². The molecule has 0 unspecified atom stereocenters. The van der Waals surface area contributed by atoms with Crippen molar-refractivity contribution >= 4 is 87.2 Å². The Morgan fingerprint density at radius 3 is 0.812 bits per heavy atom. The standard InChI is InChI=1S/C60H38N4/c1-3-19-39(20-4-1)61-51-29-13-9-25-43(51)47-37-59-49(35-57(47)61)45-27-11-17-33-55(45)63(59)53-31-15-7-23-41(53)42-24-8-16-32-54(42)64-56-34-18-12-28-46(56)50-36-58-48(38-60(50)64)44-26-10-14-30-52(44)62(58)40-21-5-2-6-22-40/h1-38H. The third kappa shape index (κ3) is 4.88. The molecule has 0 saturated carbocycles. The van der Waals surface area contributed by atoms with Gasteiger partial charge in [0.15, 0.2) is 0 Å². The molecule has 0 bridgehead atoms. The average molecular weight is 815 g/mol. The smallest absolute Gasteiger partial charge is 0.0549 e. The maximum Gasteiger partial charge on any atom is 0.0549 e. The van der Waals surface area contributed by atoms with Gasteiger partial charge in [0.25, 0.3) is 0 Å². The number of para-hydroxylation sites is 8. The Hall–Kier alpha value is -8.60. The fraction of sp³-hybridized carbons (Fsp3) is 0. The van der Waals surface area contributed by atoms with E-state index in [0.29, 0.717) is 0 Å². The molecule has 0 amide bonds. The highest BCUT2D eigenvalue weighted by Crippen LogP contribution is 2.44. The fourth-order valence-corrected chi connectivity index (χ4v) is 10.9. The summed E-state index contributed by atoms with van der Waals surface area (Å²) in [5.41, 5.74) is 16.5. The van der Waals surface area contributed by atoms with Crippen molar-refractivity contribution in [1.29, 1.82) is 0 Å². The van der Waals surface area contributed by atoms with Crippen LogP contribution in [-0.4, -0.2) is 18.3 Å². The van der Waals surface area contributed by atoms with E-state index in [2.05, 4.69) is 249 Å². The van der Waals surface area contributed by atoms with Gasteiger partial charge in [-0.3, -0.25) is 0 Å². The van der Waals surface area contributed by atoms with Gasteiger partial charge in [-0.2, -0.15) is 0 Å². The molecule has 4 heterocycles. The number of fused-ring (bicyclic) bond motifs is 12. The molecule has 0 saturated heterocycles. The van der Waals surface area contributed by atoms with Crippen LogP contribution in [0.3, 0.4) is 0 Å². The number of aromatic nitrogens is 4. The van der Waals surface area contributed by atoms with Crippen LogP contribution in [0.25, 0.3) is 121 Å². The van der Waals surface area contributed by atoms with Gasteiger partial charge in [0.2, 0.25) is 0 Å². The minimum atomic E-state index is 1.14. The molecule has 14 aromatic rings. The molecular weight excluding hydrogens is 777 g/mol. The fourth-order valence-electron chi connectivity index (χ4n) is 10.9. The van der Waals surface area contributed by atoms with E-state index in [1.54, 1.807) is 0 Å². The summed E-state index contributed by atoms with van der Waals surface area (Å²) in [5, 5.41) is 9.87. The summed E-state index contributed by atoms with van der Waals surface area (Å²) in [6.07, 6.45) is 0. The van der Waals surface area contributed by atoms with Gasteiger partial charge in [0.05, 0.1) is 55.5 Å². The monoisotopic (exact) mass is 814 g/mol. The zero-order valence-corrected chi connectivity index (χ0v) is 34.7. The van der Waals surface area contributed by atoms with Crippen LogP contribution in [0.4, 0.5) is 0 Å². The van der Waals surface area contributed by atoms with Gasteiger partial charge < -0.3 is 18.3 Å². The van der Waals surface area contributed by atoms with E-state index in [1.165, 1.54) is 98.4 Å². The minimum Gasteiger partial charge on any atom is -0.309 e. The Kier molecular flexibility index (Phi) is 7.36. The van der Waals surface area contributed by atoms with Crippen LogP contribution in [0.2, 0.25) is 0 Å². The van der Waals surface area contributed by atoms with Crippen molar-refractivity contribution < 1.29 is 0 Å². The van der Waals surface area contributed by atoms with Crippen molar-refractivity contribution in [3.63, 3.8) is 0 Å². The maximum absolute atomic E-state index is 2.50.